The molecule has 31 heavy (non-hydrogen) atoms. The maximum absolute atomic E-state index is 12.0. The van der Waals surface area contributed by atoms with E-state index >= 15 is 0 Å². The van der Waals surface area contributed by atoms with Gasteiger partial charge in [0.15, 0.2) is 5.11 Å². The minimum Gasteiger partial charge on any atom is -0.465 e. The van der Waals surface area contributed by atoms with Gasteiger partial charge in [-0.15, -0.1) is 0 Å². The van der Waals surface area contributed by atoms with Gasteiger partial charge < -0.3 is 15.0 Å². The fourth-order valence-corrected chi connectivity index (χ4v) is 6.78. The first-order valence-corrected chi connectivity index (χ1v) is 12.2. The van der Waals surface area contributed by atoms with Gasteiger partial charge in [-0.1, -0.05) is 29.7 Å². The molecule has 1 aromatic rings. The predicted octanol–water partition coefficient (Wildman–Crippen LogP) is 4.72. The van der Waals surface area contributed by atoms with Crippen LogP contribution in [-0.4, -0.2) is 59.7 Å². The topological polar surface area (TPSA) is 44.8 Å². The number of ether oxygens (including phenoxy) is 1. The molecule has 7 heteroatoms. The number of nitrogens with zero attached hydrogens (tertiary/aromatic N) is 2. The van der Waals surface area contributed by atoms with Gasteiger partial charge in [0.05, 0.1) is 23.7 Å². The normalized spacial score (nSPS) is 30.0. The first kappa shape index (κ1) is 21.2. The summed E-state index contributed by atoms with van der Waals surface area (Å²) in [7, 11) is 1.36. The van der Waals surface area contributed by atoms with E-state index in [1.807, 2.05) is 6.07 Å². The predicted molar refractivity (Wildman–Crippen MR) is 128 cm³/mol. The van der Waals surface area contributed by atoms with Crippen LogP contribution in [0.3, 0.4) is 0 Å². The standard InChI is InChI=1S/C24H30ClN3O2S/c1-30-23(29)19-13-18(7-8-20(19)25)26-24(31)28-10-4-5-15-11-16-12-17(22(15)28)14-27-9-3-2-6-21(16)27/h7-8,11,13,16-17,21-22H,2-6,9-10,12,14H2,1H3,(H,26,31)/t16?,17?,21-,22-/m1/s1. The number of fused-ring (bicyclic) bond motifs is 6. The van der Waals surface area contributed by atoms with Crippen LogP contribution < -0.4 is 5.32 Å². The molecule has 3 fully saturated rings. The average molecular weight is 460 g/mol. The van der Waals surface area contributed by atoms with Gasteiger partial charge in [0, 0.05) is 24.8 Å². The van der Waals surface area contributed by atoms with E-state index in [-0.39, 0.29) is 0 Å². The van der Waals surface area contributed by atoms with Crippen molar-refractivity contribution in [3.63, 3.8) is 0 Å². The second kappa shape index (κ2) is 8.72. The van der Waals surface area contributed by atoms with E-state index in [4.69, 9.17) is 28.6 Å². The summed E-state index contributed by atoms with van der Waals surface area (Å²) in [6.07, 6.45) is 10.3. The van der Waals surface area contributed by atoms with E-state index in [1.165, 1.54) is 52.3 Å². The molecule has 0 amide bonds. The zero-order chi connectivity index (χ0) is 21.5. The van der Waals surface area contributed by atoms with E-state index in [0.29, 0.717) is 28.5 Å². The molecule has 2 bridgehead atoms. The number of nitrogens with one attached hydrogen (secondary N) is 1. The largest absolute Gasteiger partial charge is 0.465 e. The summed E-state index contributed by atoms with van der Waals surface area (Å²) in [5.41, 5.74) is 2.70. The maximum atomic E-state index is 12.0. The molecule has 1 N–H and O–H groups in total. The van der Waals surface area contributed by atoms with Crippen LogP contribution in [0.5, 0.6) is 0 Å². The number of anilines is 1. The lowest BCUT2D eigenvalue weighted by molar-refractivity contribution is 0.0132. The molecule has 0 radical (unpaired) electrons. The summed E-state index contributed by atoms with van der Waals surface area (Å²) < 4.78 is 4.85. The third-order valence-corrected chi connectivity index (χ3v) is 8.21. The van der Waals surface area contributed by atoms with Crippen LogP contribution in [0.2, 0.25) is 5.02 Å². The number of halogens is 1. The Bertz CT molecular complexity index is 920. The van der Waals surface area contributed by atoms with Crippen molar-refractivity contribution >= 4 is 40.6 Å². The number of esters is 1. The Morgan fingerprint density at radius 2 is 2.13 bits per heavy atom. The van der Waals surface area contributed by atoms with Gasteiger partial charge in [-0.3, -0.25) is 4.90 Å². The van der Waals surface area contributed by atoms with E-state index in [9.17, 15) is 4.79 Å². The quantitative estimate of drug-likeness (QED) is 0.392. The van der Waals surface area contributed by atoms with Crippen LogP contribution in [0.4, 0.5) is 5.69 Å². The van der Waals surface area contributed by atoms with Crippen LogP contribution in [0, 0.1) is 11.8 Å². The van der Waals surface area contributed by atoms with Gasteiger partial charge >= 0.3 is 5.97 Å². The Kier molecular flexibility index (Phi) is 5.97. The number of rotatable bonds is 2. The van der Waals surface area contributed by atoms with Gasteiger partial charge in [-0.25, -0.2) is 4.79 Å². The molecule has 0 spiro atoms. The summed E-state index contributed by atoms with van der Waals surface area (Å²) in [5.74, 6) is 0.903. The SMILES string of the molecule is COC(=O)c1cc(NC(=S)N2CCCC3=CC4CC(CN5CCCC[C@H]45)[C@@H]32)ccc1Cl. The Morgan fingerprint density at radius 1 is 1.26 bits per heavy atom. The van der Waals surface area contributed by atoms with Gasteiger partial charge in [-0.2, -0.15) is 0 Å². The zero-order valence-corrected chi connectivity index (χ0v) is 19.6. The molecular formula is C24H30ClN3O2S. The molecule has 3 heterocycles. The summed E-state index contributed by atoms with van der Waals surface area (Å²) in [6, 6.07) is 6.43. The Morgan fingerprint density at radius 3 is 2.97 bits per heavy atom. The van der Waals surface area contributed by atoms with E-state index in [0.717, 1.165) is 29.8 Å². The van der Waals surface area contributed by atoms with Crippen molar-refractivity contribution in [1.82, 2.24) is 9.80 Å². The number of methoxy groups -OCH3 is 1. The number of thiocarbonyl (C=S) groups is 1. The number of likely N-dealkylation sites (tertiary alicyclic amines) is 1. The second-order valence-corrected chi connectivity index (χ2v) is 10.1. The van der Waals surface area contributed by atoms with E-state index < -0.39 is 5.97 Å². The van der Waals surface area contributed by atoms with Crippen LogP contribution in [-0.2, 0) is 4.74 Å². The van der Waals surface area contributed by atoms with Crippen molar-refractivity contribution < 1.29 is 9.53 Å². The lowest BCUT2D eigenvalue weighted by atomic mass is 9.68. The summed E-state index contributed by atoms with van der Waals surface area (Å²) in [6.45, 7) is 3.41. The minimum atomic E-state index is -0.445. The van der Waals surface area contributed by atoms with E-state index in [2.05, 4.69) is 21.2 Å². The van der Waals surface area contributed by atoms with E-state index in [1.54, 1.807) is 17.7 Å². The number of carbonyl (C=O) groups is 1. The fraction of sp³-hybridized carbons (Fsp3) is 0.583. The molecule has 4 aliphatic rings. The average Bonchev–Trinajstić information content (AvgIpc) is 2.79. The first-order chi connectivity index (χ1) is 15.0. The van der Waals surface area contributed by atoms with Gasteiger partial charge in [0.25, 0.3) is 0 Å². The number of carbonyl (C=O) groups excluding carboxylic acids is 1. The van der Waals surface area contributed by atoms with Crippen molar-refractivity contribution in [3.05, 3.63) is 40.4 Å². The molecule has 3 saturated heterocycles. The van der Waals surface area contributed by atoms with Crippen LogP contribution in [0.1, 0.15) is 48.9 Å². The molecule has 3 aliphatic heterocycles. The summed E-state index contributed by atoms with van der Waals surface area (Å²) in [5, 5.41) is 4.48. The van der Waals surface area contributed by atoms with Gasteiger partial charge in [-0.05, 0) is 80.9 Å². The number of hydrogen-bond donors (Lipinski definition) is 1. The second-order valence-electron chi connectivity index (χ2n) is 9.32. The highest BCUT2D eigenvalue weighted by Gasteiger charge is 2.46. The minimum absolute atomic E-state index is 0.347. The molecule has 4 atom stereocenters. The van der Waals surface area contributed by atoms with Crippen molar-refractivity contribution in [3.8, 4) is 0 Å². The first-order valence-electron chi connectivity index (χ1n) is 11.5. The molecule has 5 nitrogen and oxygen atoms in total. The van der Waals surface area contributed by atoms with Gasteiger partial charge in [0.1, 0.15) is 0 Å². The molecule has 0 aromatic heterocycles. The number of piperidine rings is 3. The Labute approximate surface area is 194 Å². The number of hydrogen-bond acceptors (Lipinski definition) is 4. The molecule has 166 valence electrons. The highest BCUT2D eigenvalue weighted by molar-refractivity contribution is 7.80. The fourth-order valence-electron chi connectivity index (χ4n) is 6.27. The van der Waals surface area contributed by atoms with Crippen molar-refractivity contribution in [2.24, 2.45) is 11.8 Å². The highest BCUT2D eigenvalue weighted by atomic mass is 35.5. The van der Waals surface area contributed by atoms with Crippen molar-refractivity contribution in [2.45, 2.75) is 50.6 Å². The van der Waals surface area contributed by atoms with Crippen molar-refractivity contribution in [1.29, 1.82) is 0 Å². The molecule has 1 aromatic carbocycles. The summed E-state index contributed by atoms with van der Waals surface area (Å²) in [4.78, 5) is 17.1. The lowest BCUT2D eigenvalue weighted by Gasteiger charge is -2.55. The smallest absolute Gasteiger partial charge is 0.339 e. The molecule has 0 saturated carbocycles. The lowest BCUT2D eigenvalue weighted by Crippen LogP contribution is -2.60. The van der Waals surface area contributed by atoms with Crippen LogP contribution in [0.25, 0.3) is 0 Å². The van der Waals surface area contributed by atoms with Gasteiger partial charge in [0.2, 0.25) is 0 Å². The maximum Gasteiger partial charge on any atom is 0.339 e. The molecule has 1 aliphatic carbocycles. The monoisotopic (exact) mass is 459 g/mol. The zero-order valence-electron chi connectivity index (χ0n) is 18.0. The van der Waals surface area contributed by atoms with Crippen LogP contribution >= 0.6 is 23.8 Å². The van der Waals surface area contributed by atoms with Crippen LogP contribution in [0.15, 0.2) is 29.8 Å². The molecule has 5 rings (SSSR count). The third-order valence-electron chi connectivity index (χ3n) is 7.54. The Balaban J connectivity index is 1.37. The molecular weight excluding hydrogens is 430 g/mol. The highest BCUT2D eigenvalue weighted by Crippen LogP contribution is 2.45. The Hall–Kier alpha value is -1.63. The summed E-state index contributed by atoms with van der Waals surface area (Å²) >= 11 is 12.1. The third kappa shape index (κ3) is 3.98. The molecule has 2 unspecified atom stereocenters. The van der Waals surface area contributed by atoms with Crippen molar-refractivity contribution in [2.75, 3.05) is 32.1 Å². The number of benzene rings is 1.